The summed E-state index contributed by atoms with van der Waals surface area (Å²) in [6.45, 7) is 2.86. The molecule has 0 saturated carbocycles. The molecule has 0 aromatic heterocycles. The van der Waals surface area contributed by atoms with E-state index in [9.17, 15) is 0 Å². The zero-order chi connectivity index (χ0) is 11.0. The third kappa shape index (κ3) is 1.93. The maximum Gasteiger partial charge on any atom is 0.0927 e. The molecule has 0 aliphatic carbocycles. The summed E-state index contributed by atoms with van der Waals surface area (Å²) in [6, 6.07) is 6.34. The second kappa shape index (κ2) is 4.28. The first kappa shape index (κ1) is 10.4. The lowest BCUT2D eigenvalue weighted by Gasteiger charge is -2.15. The van der Waals surface area contributed by atoms with Crippen molar-refractivity contribution in [2.75, 3.05) is 13.2 Å². The number of pyridine rings is 1. The molecule has 0 N–H and O–H groups in total. The third-order valence-electron chi connectivity index (χ3n) is 3.02. The minimum Gasteiger partial charge on any atom is -0.381 e. The van der Waals surface area contributed by atoms with E-state index in [1.54, 1.807) is 11.3 Å². The molecule has 1 atom stereocenters. The molecule has 1 unspecified atom stereocenters. The Morgan fingerprint density at radius 3 is 3.31 bits per heavy atom. The first-order valence-electron chi connectivity index (χ1n) is 5.50. The normalized spacial score (nSPS) is 20.6. The molecule has 3 aliphatic heterocycles. The second-order valence-electron chi connectivity index (χ2n) is 4.21. The van der Waals surface area contributed by atoms with Gasteiger partial charge in [-0.25, -0.2) is 0 Å². The van der Waals surface area contributed by atoms with E-state index in [1.165, 1.54) is 17.0 Å². The number of fused-ring (bicyclic) bond motifs is 1. The quantitative estimate of drug-likeness (QED) is 0.759. The van der Waals surface area contributed by atoms with Gasteiger partial charge in [-0.3, -0.25) is 0 Å². The molecule has 2 nitrogen and oxygen atoms in total. The summed E-state index contributed by atoms with van der Waals surface area (Å²) in [5.41, 5.74) is 1.27. The van der Waals surface area contributed by atoms with Crippen molar-refractivity contribution in [1.29, 1.82) is 0 Å². The summed E-state index contributed by atoms with van der Waals surface area (Å²) >= 11 is 6.92. The molecule has 0 aromatic carbocycles. The predicted molar refractivity (Wildman–Crippen MR) is 68.7 cm³/mol. The number of hydrogen-bond donors (Lipinski definition) is 0. The zero-order valence-electron chi connectivity index (χ0n) is 8.89. The van der Waals surface area contributed by atoms with E-state index in [0.29, 0.717) is 5.92 Å². The highest BCUT2D eigenvalue weighted by Crippen LogP contribution is 2.30. The van der Waals surface area contributed by atoms with Gasteiger partial charge in [0.15, 0.2) is 0 Å². The van der Waals surface area contributed by atoms with E-state index in [1.807, 2.05) is 0 Å². The van der Waals surface area contributed by atoms with Gasteiger partial charge in [-0.2, -0.15) is 0 Å². The lowest BCUT2D eigenvalue weighted by molar-refractivity contribution is 0.182. The topological polar surface area (TPSA) is 14.2 Å². The Morgan fingerprint density at radius 1 is 1.56 bits per heavy atom. The first-order valence-corrected chi connectivity index (χ1v) is 6.72. The van der Waals surface area contributed by atoms with E-state index in [2.05, 4.69) is 29.0 Å². The average molecular weight is 251 g/mol. The molecule has 1 fully saturated rings. The number of ether oxygens (including phenoxy) is 1. The Morgan fingerprint density at radius 2 is 2.50 bits per heavy atom. The van der Waals surface area contributed by atoms with Crippen LogP contribution in [0.5, 0.6) is 0 Å². The predicted octanol–water partition coefficient (Wildman–Crippen LogP) is 3.42. The molecule has 0 amide bonds. The van der Waals surface area contributed by atoms with Crippen molar-refractivity contribution in [1.82, 2.24) is 4.57 Å². The van der Waals surface area contributed by atoms with E-state index < -0.39 is 0 Å². The Kier molecular flexibility index (Phi) is 2.79. The van der Waals surface area contributed by atoms with Crippen LogP contribution >= 0.6 is 23.6 Å². The summed E-state index contributed by atoms with van der Waals surface area (Å²) in [7, 11) is 0. The van der Waals surface area contributed by atoms with Crippen LogP contribution in [0.15, 0.2) is 24.4 Å². The molecular formula is C12H13NOS2. The van der Waals surface area contributed by atoms with Crippen LogP contribution in [0.3, 0.4) is 0 Å². The first-order chi connectivity index (χ1) is 7.83. The molecule has 0 bridgehead atoms. The number of nitrogens with zero attached hydrogens (tertiary/aromatic N) is 1. The third-order valence-corrected chi connectivity index (χ3v) is 4.27. The fourth-order valence-corrected chi connectivity index (χ4v) is 3.39. The van der Waals surface area contributed by atoms with Crippen molar-refractivity contribution in [3.8, 4) is 10.6 Å². The van der Waals surface area contributed by atoms with Gasteiger partial charge in [0.1, 0.15) is 0 Å². The Hall–Kier alpha value is -0.710. The molecular weight excluding hydrogens is 238 g/mol. The standard InChI is InChI=1S/C12H13NOS2/c15-12-6-10-11(16-12)2-1-4-13(10)7-9-3-5-14-8-9/h1-2,4,6,9H,3,5,7-8H2. The van der Waals surface area contributed by atoms with Crippen LogP contribution in [0.4, 0.5) is 0 Å². The van der Waals surface area contributed by atoms with E-state index in [4.69, 9.17) is 17.0 Å². The minimum absolute atomic E-state index is 0.657. The maximum absolute atomic E-state index is 5.42. The summed E-state index contributed by atoms with van der Waals surface area (Å²) in [5, 5.41) is 0. The Bertz CT molecular complexity index is 510. The van der Waals surface area contributed by atoms with Gasteiger partial charge in [0.2, 0.25) is 0 Å². The van der Waals surface area contributed by atoms with Gasteiger partial charge in [-0.1, -0.05) is 12.2 Å². The Balaban J connectivity index is 1.94. The van der Waals surface area contributed by atoms with E-state index in [0.717, 1.165) is 23.6 Å². The largest absolute Gasteiger partial charge is 0.381 e. The fourth-order valence-electron chi connectivity index (χ4n) is 2.20. The van der Waals surface area contributed by atoms with Crippen LogP contribution in [-0.4, -0.2) is 17.8 Å². The Labute approximate surface area is 104 Å². The summed E-state index contributed by atoms with van der Waals surface area (Å²) in [6.07, 6.45) is 3.32. The van der Waals surface area contributed by atoms with Crippen LogP contribution in [-0.2, 0) is 11.3 Å². The van der Waals surface area contributed by atoms with Crippen molar-refractivity contribution >= 4 is 23.6 Å². The van der Waals surface area contributed by atoms with Crippen LogP contribution in [0, 0.1) is 9.74 Å². The lowest BCUT2D eigenvalue weighted by atomic mass is 10.1. The van der Waals surface area contributed by atoms with Gasteiger partial charge in [0.25, 0.3) is 0 Å². The summed E-state index contributed by atoms with van der Waals surface area (Å²) in [5.74, 6) is 0.657. The molecule has 3 rings (SSSR count). The monoisotopic (exact) mass is 251 g/mol. The van der Waals surface area contributed by atoms with Crippen molar-refractivity contribution in [3.63, 3.8) is 0 Å². The van der Waals surface area contributed by atoms with Gasteiger partial charge < -0.3 is 9.30 Å². The lowest BCUT2D eigenvalue weighted by Crippen LogP contribution is -2.11. The second-order valence-corrected chi connectivity index (χ2v) is 5.99. The molecule has 0 radical (unpaired) electrons. The molecule has 16 heavy (non-hydrogen) atoms. The number of thiophene rings is 1. The number of rotatable bonds is 2. The molecule has 0 aromatic rings. The highest BCUT2D eigenvalue weighted by atomic mass is 32.1. The fraction of sp³-hybridized carbons (Fsp3) is 0.417. The average Bonchev–Trinajstić information content (AvgIpc) is 2.86. The summed E-state index contributed by atoms with van der Waals surface area (Å²) < 4.78 is 8.69. The molecule has 4 heteroatoms. The van der Waals surface area contributed by atoms with Gasteiger partial charge in [0.05, 0.1) is 21.0 Å². The molecule has 3 aliphatic rings. The van der Waals surface area contributed by atoms with Crippen LogP contribution in [0.25, 0.3) is 10.6 Å². The van der Waals surface area contributed by atoms with Crippen molar-refractivity contribution in [2.45, 2.75) is 13.0 Å². The highest BCUT2D eigenvalue weighted by molar-refractivity contribution is 7.73. The zero-order valence-corrected chi connectivity index (χ0v) is 10.5. The SMILES string of the molecule is S=c1cc2n(CC3CCOC3)cccc-2s1. The molecule has 1 saturated heterocycles. The summed E-state index contributed by atoms with van der Waals surface area (Å²) in [4.78, 5) is 1.28. The van der Waals surface area contributed by atoms with Crippen LogP contribution < -0.4 is 0 Å². The van der Waals surface area contributed by atoms with Gasteiger partial charge in [-0.05, 0) is 24.6 Å². The van der Waals surface area contributed by atoms with Gasteiger partial charge in [-0.15, -0.1) is 11.3 Å². The van der Waals surface area contributed by atoms with E-state index in [-0.39, 0.29) is 0 Å². The van der Waals surface area contributed by atoms with E-state index >= 15 is 0 Å². The maximum atomic E-state index is 5.42. The smallest absolute Gasteiger partial charge is 0.0927 e. The van der Waals surface area contributed by atoms with Crippen molar-refractivity contribution in [2.24, 2.45) is 5.92 Å². The van der Waals surface area contributed by atoms with Gasteiger partial charge >= 0.3 is 0 Å². The van der Waals surface area contributed by atoms with Crippen LogP contribution in [0.2, 0.25) is 0 Å². The number of hydrogen-bond acceptors (Lipinski definition) is 3. The number of aromatic nitrogens is 1. The molecule has 84 valence electrons. The minimum atomic E-state index is 0.657. The van der Waals surface area contributed by atoms with Crippen molar-refractivity contribution < 1.29 is 4.74 Å². The van der Waals surface area contributed by atoms with Crippen molar-refractivity contribution in [3.05, 3.63) is 28.2 Å². The molecule has 3 heterocycles. The van der Waals surface area contributed by atoms with Gasteiger partial charge in [0, 0.05) is 25.3 Å². The van der Waals surface area contributed by atoms with Crippen LogP contribution in [0.1, 0.15) is 6.42 Å². The molecule has 0 spiro atoms. The highest BCUT2D eigenvalue weighted by Gasteiger charge is 2.17.